The molecular weight excluding hydrogens is 458 g/mol. The summed E-state index contributed by atoms with van der Waals surface area (Å²) in [7, 11) is 0. The van der Waals surface area contributed by atoms with Crippen LogP contribution in [-0.4, -0.2) is 56.6 Å². The Labute approximate surface area is 202 Å². The molecule has 0 bridgehead atoms. The molecule has 0 amide bonds. The normalized spacial score (nSPS) is 32.7. The number of anilines is 1. The zero-order valence-electron chi connectivity index (χ0n) is 18.0. The largest absolute Gasteiger partial charge is 0.396 e. The van der Waals surface area contributed by atoms with Gasteiger partial charge in [-0.15, -0.1) is 11.8 Å². The van der Waals surface area contributed by atoms with Crippen LogP contribution in [0, 0.1) is 5.92 Å². The fourth-order valence-corrected chi connectivity index (χ4v) is 6.50. The Morgan fingerprint density at radius 3 is 2.61 bits per heavy atom. The number of benzene rings is 2. The van der Waals surface area contributed by atoms with Crippen LogP contribution < -0.4 is 5.32 Å². The van der Waals surface area contributed by atoms with E-state index in [1.807, 2.05) is 30.0 Å². The van der Waals surface area contributed by atoms with Crippen molar-refractivity contribution in [2.45, 2.75) is 53.3 Å². The van der Waals surface area contributed by atoms with E-state index in [1.54, 1.807) is 0 Å². The summed E-state index contributed by atoms with van der Waals surface area (Å²) >= 11 is 8.39. The summed E-state index contributed by atoms with van der Waals surface area (Å²) in [6, 6.07) is 12.4. The predicted octanol–water partition coefficient (Wildman–Crippen LogP) is 3.49. The summed E-state index contributed by atoms with van der Waals surface area (Å²) in [5.41, 5.74) is 4.07. The Balaban J connectivity index is 1.38. The number of thioether (sulfide) groups is 1. The van der Waals surface area contributed by atoms with Crippen molar-refractivity contribution in [2.24, 2.45) is 5.92 Å². The number of nitrogens with one attached hydrogen (secondary N) is 1. The van der Waals surface area contributed by atoms with Gasteiger partial charge in [-0.1, -0.05) is 54.1 Å². The van der Waals surface area contributed by atoms with Crippen molar-refractivity contribution >= 4 is 29.1 Å². The van der Waals surface area contributed by atoms with Crippen molar-refractivity contribution in [1.29, 1.82) is 0 Å². The minimum atomic E-state index is -1.29. The summed E-state index contributed by atoms with van der Waals surface area (Å²) < 4.78 is 0. The molecule has 5 nitrogen and oxygen atoms in total. The summed E-state index contributed by atoms with van der Waals surface area (Å²) in [6.45, 7) is -0.241. The van der Waals surface area contributed by atoms with E-state index in [2.05, 4.69) is 47.8 Å². The second kappa shape index (κ2) is 9.45. The Morgan fingerprint density at radius 2 is 1.79 bits per heavy atom. The molecule has 0 aromatic heterocycles. The lowest BCUT2D eigenvalue weighted by Gasteiger charge is -2.40. The summed E-state index contributed by atoms with van der Waals surface area (Å²) in [4.78, 5) is 1.21. The molecule has 2 aliphatic carbocycles. The minimum absolute atomic E-state index is 0.241. The van der Waals surface area contributed by atoms with E-state index in [1.165, 1.54) is 4.90 Å². The van der Waals surface area contributed by atoms with E-state index in [4.69, 9.17) is 11.6 Å². The zero-order chi connectivity index (χ0) is 23.1. The Hall–Kier alpha value is -1.80. The quantitative estimate of drug-likeness (QED) is 0.455. The molecule has 3 aliphatic rings. The van der Waals surface area contributed by atoms with E-state index in [0.29, 0.717) is 29.2 Å². The van der Waals surface area contributed by atoms with E-state index < -0.39 is 24.2 Å². The summed E-state index contributed by atoms with van der Waals surface area (Å²) in [5, 5.41) is 45.2. The molecule has 174 valence electrons. The fraction of sp³-hybridized carbons (Fsp3) is 0.385. The third-order valence-electron chi connectivity index (χ3n) is 6.99. The lowest BCUT2D eigenvalue weighted by atomic mass is 9.73. The van der Waals surface area contributed by atoms with Gasteiger partial charge in [-0.2, -0.15) is 0 Å². The number of hydrogen-bond donors (Lipinski definition) is 5. The van der Waals surface area contributed by atoms with Gasteiger partial charge in [0.25, 0.3) is 0 Å². The van der Waals surface area contributed by atoms with Gasteiger partial charge < -0.3 is 25.7 Å². The molecule has 0 radical (unpaired) electrons. The zero-order valence-corrected chi connectivity index (χ0v) is 19.6. The van der Waals surface area contributed by atoms with Crippen LogP contribution in [0.25, 0.3) is 0 Å². The summed E-state index contributed by atoms with van der Waals surface area (Å²) in [5.74, 6) is -0.867. The van der Waals surface area contributed by atoms with E-state index in [0.717, 1.165) is 22.4 Å². The van der Waals surface area contributed by atoms with Gasteiger partial charge in [0, 0.05) is 34.0 Å². The van der Waals surface area contributed by atoms with Gasteiger partial charge in [-0.05, 0) is 47.7 Å². The van der Waals surface area contributed by atoms with E-state index in [-0.39, 0.29) is 12.5 Å². The average molecular weight is 486 g/mol. The molecule has 2 aromatic rings. The molecule has 2 aromatic carbocycles. The third kappa shape index (κ3) is 4.48. The molecular formula is C26H28ClNO4S. The lowest BCUT2D eigenvalue weighted by molar-refractivity contribution is -0.127. The Bertz CT molecular complexity index is 1090. The van der Waals surface area contributed by atoms with Crippen molar-refractivity contribution in [3.05, 3.63) is 82.4 Å². The first-order valence-electron chi connectivity index (χ1n) is 11.3. The summed E-state index contributed by atoms with van der Waals surface area (Å²) in [6.07, 6.45) is 6.08. The number of aliphatic hydroxyl groups is 4. The number of fused-ring (bicyclic) bond motifs is 2. The van der Waals surface area contributed by atoms with Gasteiger partial charge in [0.15, 0.2) is 0 Å². The molecule has 1 heterocycles. The van der Waals surface area contributed by atoms with Gasteiger partial charge in [0.2, 0.25) is 0 Å². The van der Waals surface area contributed by atoms with Crippen molar-refractivity contribution < 1.29 is 20.4 Å². The first-order chi connectivity index (χ1) is 15.9. The molecule has 1 saturated carbocycles. The molecule has 7 atom stereocenters. The molecule has 7 heteroatoms. The third-order valence-corrected chi connectivity index (χ3v) is 8.68. The number of hydrogen-bond acceptors (Lipinski definition) is 6. The molecule has 5 rings (SSSR count). The molecule has 33 heavy (non-hydrogen) atoms. The smallest absolute Gasteiger partial charge is 0.107 e. The number of allylic oxidation sites excluding steroid dienone is 2. The van der Waals surface area contributed by atoms with Gasteiger partial charge in [0.1, 0.15) is 6.10 Å². The standard InChI is InChI=1S/C26H28ClNO4S/c27-19-7-6-15(18-12-17(13-29)24(30)26(32)25(18)31)11-16(19)9-14-5-8-21-23(10-14)33-22-4-2-1-3-20(22)28-21/h1-8,10-11,17-18,20,22,24-26,28-32H,9,12-13H2/t17-,18+,20?,22?,24-,25+,26+/m1/s1. The van der Waals surface area contributed by atoms with Gasteiger partial charge in [-0.25, -0.2) is 0 Å². The topological polar surface area (TPSA) is 93.0 Å². The SMILES string of the molecule is OC[C@H]1C[C@@H](c2ccc(Cl)c(Cc3ccc4c(c3)SC3C=CC=CC3N4)c2)[C@H](O)[C@@H](O)[C@@H]1O. The minimum Gasteiger partial charge on any atom is -0.396 e. The molecule has 0 spiro atoms. The van der Waals surface area contributed by atoms with Gasteiger partial charge in [-0.3, -0.25) is 0 Å². The highest BCUT2D eigenvalue weighted by atomic mass is 35.5. The molecule has 1 fully saturated rings. The van der Waals surface area contributed by atoms with Gasteiger partial charge in [0.05, 0.1) is 23.5 Å². The fourth-order valence-electron chi connectivity index (χ4n) is 5.07. The maximum Gasteiger partial charge on any atom is 0.107 e. The molecule has 5 N–H and O–H groups in total. The first kappa shape index (κ1) is 23.0. The van der Waals surface area contributed by atoms with Crippen LogP contribution in [0.3, 0.4) is 0 Å². The monoisotopic (exact) mass is 485 g/mol. The highest BCUT2D eigenvalue weighted by molar-refractivity contribution is 8.00. The second-order valence-electron chi connectivity index (χ2n) is 9.14. The van der Waals surface area contributed by atoms with Crippen molar-refractivity contribution in [2.75, 3.05) is 11.9 Å². The highest BCUT2D eigenvalue weighted by Crippen LogP contribution is 2.41. The first-order valence-corrected chi connectivity index (χ1v) is 12.5. The van der Waals surface area contributed by atoms with Crippen LogP contribution in [0.4, 0.5) is 5.69 Å². The van der Waals surface area contributed by atoms with Crippen LogP contribution in [0.15, 0.2) is 65.6 Å². The number of rotatable bonds is 4. The van der Waals surface area contributed by atoms with E-state index in [9.17, 15) is 20.4 Å². The lowest BCUT2D eigenvalue weighted by Crippen LogP contribution is -2.51. The van der Waals surface area contributed by atoms with Crippen LogP contribution in [0.2, 0.25) is 5.02 Å². The molecule has 1 aliphatic heterocycles. The van der Waals surface area contributed by atoms with Crippen molar-refractivity contribution in [3.63, 3.8) is 0 Å². The maximum atomic E-state index is 10.6. The molecule has 2 unspecified atom stereocenters. The second-order valence-corrected chi connectivity index (χ2v) is 10.8. The van der Waals surface area contributed by atoms with E-state index >= 15 is 0 Å². The van der Waals surface area contributed by atoms with Crippen LogP contribution >= 0.6 is 23.4 Å². The van der Waals surface area contributed by atoms with Crippen molar-refractivity contribution in [1.82, 2.24) is 0 Å². The average Bonchev–Trinajstić information content (AvgIpc) is 2.83. The van der Waals surface area contributed by atoms with Crippen LogP contribution in [0.5, 0.6) is 0 Å². The van der Waals surface area contributed by atoms with Crippen LogP contribution in [-0.2, 0) is 6.42 Å². The number of aliphatic hydroxyl groups excluding tert-OH is 4. The van der Waals surface area contributed by atoms with Crippen molar-refractivity contribution in [3.8, 4) is 0 Å². The highest BCUT2D eigenvalue weighted by Gasteiger charge is 2.42. The van der Waals surface area contributed by atoms with Gasteiger partial charge >= 0.3 is 0 Å². The van der Waals surface area contributed by atoms with Crippen LogP contribution in [0.1, 0.15) is 29.0 Å². The Morgan fingerprint density at radius 1 is 0.970 bits per heavy atom. The Kier molecular flexibility index (Phi) is 6.58. The molecule has 0 saturated heterocycles. The predicted molar refractivity (Wildman–Crippen MR) is 132 cm³/mol. The number of halogens is 1. The maximum absolute atomic E-state index is 10.6.